The Kier molecular flexibility index (Phi) is 4.79. The molecule has 0 aliphatic heterocycles. The summed E-state index contributed by atoms with van der Waals surface area (Å²) in [5.74, 6) is 0.827. The van der Waals surface area contributed by atoms with Crippen molar-refractivity contribution in [3.63, 3.8) is 0 Å². The molecular formula is C16H19N3O2. The van der Waals surface area contributed by atoms with Gasteiger partial charge in [-0.25, -0.2) is 0 Å². The fraction of sp³-hybridized carbons (Fsp3) is 0.188. The Bertz CT molecular complexity index is 624. The fourth-order valence-corrected chi connectivity index (χ4v) is 2.02. The van der Waals surface area contributed by atoms with Gasteiger partial charge in [-0.3, -0.25) is 10.7 Å². The number of methoxy groups -OCH3 is 1. The van der Waals surface area contributed by atoms with Gasteiger partial charge in [-0.15, -0.1) is 0 Å². The molecule has 0 fully saturated rings. The van der Waals surface area contributed by atoms with Crippen LogP contribution in [-0.4, -0.2) is 18.0 Å². The molecule has 5 heteroatoms. The smallest absolute Gasteiger partial charge is 0.118 e. The zero-order valence-corrected chi connectivity index (χ0v) is 12.1. The van der Waals surface area contributed by atoms with E-state index in [0.29, 0.717) is 17.9 Å². The molecule has 0 radical (unpaired) electrons. The lowest BCUT2D eigenvalue weighted by atomic mass is 10.1. The largest absolute Gasteiger partial charge is 0.497 e. The van der Waals surface area contributed by atoms with Crippen LogP contribution in [0, 0.1) is 5.41 Å². The molecule has 0 unspecified atom stereocenters. The molecule has 2 aromatic rings. The molecule has 0 aliphatic rings. The number of rotatable bonds is 6. The Morgan fingerprint density at radius 2 is 1.90 bits per heavy atom. The van der Waals surface area contributed by atoms with Crippen LogP contribution in [0.1, 0.15) is 18.1 Å². The Balaban J connectivity index is 2.13. The van der Waals surface area contributed by atoms with Crippen LogP contribution in [0.15, 0.2) is 42.5 Å². The lowest BCUT2D eigenvalue weighted by molar-refractivity contribution is 0.389. The summed E-state index contributed by atoms with van der Waals surface area (Å²) in [6.07, 6.45) is 0. The Morgan fingerprint density at radius 3 is 2.48 bits per heavy atom. The predicted molar refractivity (Wildman–Crippen MR) is 84.7 cm³/mol. The fourth-order valence-electron chi connectivity index (χ4n) is 2.02. The summed E-state index contributed by atoms with van der Waals surface area (Å²) in [4.78, 5) is 0. The second-order valence-electron chi connectivity index (χ2n) is 4.70. The maximum Gasteiger partial charge on any atom is 0.118 e. The summed E-state index contributed by atoms with van der Waals surface area (Å²) in [6.45, 7) is 2.37. The van der Waals surface area contributed by atoms with E-state index in [9.17, 15) is 0 Å². The van der Waals surface area contributed by atoms with Crippen molar-refractivity contribution in [2.45, 2.75) is 13.5 Å². The van der Waals surface area contributed by atoms with E-state index in [1.807, 2.05) is 30.3 Å². The topological polar surface area (TPSA) is 77.4 Å². The SMILES string of the molecule is COc1ccc(CNc2ccc(NO)cc2C(C)=N)cc1. The van der Waals surface area contributed by atoms with Crippen LogP contribution in [-0.2, 0) is 6.54 Å². The van der Waals surface area contributed by atoms with Crippen molar-refractivity contribution in [1.82, 2.24) is 0 Å². The molecule has 2 rings (SSSR count). The van der Waals surface area contributed by atoms with Crippen molar-refractivity contribution in [3.8, 4) is 5.75 Å². The van der Waals surface area contributed by atoms with Crippen molar-refractivity contribution in [3.05, 3.63) is 53.6 Å². The summed E-state index contributed by atoms with van der Waals surface area (Å²) < 4.78 is 5.13. The van der Waals surface area contributed by atoms with Crippen LogP contribution in [0.25, 0.3) is 0 Å². The van der Waals surface area contributed by atoms with Crippen LogP contribution in [0.5, 0.6) is 5.75 Å². The molecule has 5 nitrogen and oxygen atoms in total. The third-order valence-corrected chi connectivity index (χ3v) is 3.19. The summed E-state index contributed by atoms with van der Waals surface area (Å²) in [7, 11) is 1.64. The van der Waals surface area contributed by atoms with Crippen LogP contribution in [0.3, 0.4) is 0 Å². The molecule has 0 aromatic heterocycles. The molecule has 0 spiro atoms. The van der Waals surface area contributed by atoms with Crippen LogP contribution >= 0.6 is 0 Å². The van der Waals surface area contributed by atoms with Crippen molar-refractivity contribution in [2.75, 3.05) is 17.9 Å². The van der Waals surface area contributed by atoms with Crippen molar-refractivity contribution in [1.29, 1.82) is 5.41 Å². The van der Waals surface area contributed by atoms with Crippen molar-refractivity contribution in [2.24, 2.45) is 0 Å². The van der Waals surface area contributed by atoms with Gasteiger partial charge in [-0.2, -0.15) is 0 Å². The van der Waals surface area contributed by atoms with E-state index in [-0.39, 0.29) is 0 Å². The molecule has 0 saturated carbocycles. The van der Waals surface area contributed by atoms with Gasteiger partial charge in [-0.05, 0) is 42.8 Å². The molecular weight excluding hydrogens is 266 g/mol. The molecule has 4 N–H and O–H groups in total. The zero-order chi connectivity index (χ0) is 15.2. The standard InChI is InChI=1S/C16H19N3O2/c1-11(17)15-9-13(19-20)5-8-16(15)18-10-12-3-6-14(21-2)7-4-12/h3-9,17-20H,10H2,1-2H3. The first-order valence-electron chi connectivity index (χ1n) is 6.60. The number of nitrogens with one attached hydrogen (secondary N) is 3. The second-order valence-corrected chi connectivity index (χ2v) is 4.70. The van der Waals surface area contributed by atoms with Crippen molar-refractivity contribution >= 4 is 17.1 Å². The minimum atomic E-state index is 0.435. The highest BCUT2D eigenvalue weighted by molar-refractivity contribution is 6.02. The average Bonchev–Trinajstić information content (AvgIpc) is 2.53. The number of ether oxygens (including phenoxy) is 1. The molecule has 0 saturated heterocycles. The Hall–Kier alpha value is -2.53. The van der Waals surface area contributed by atoms with Crippen LogP contribution in [0.4, 0.5) is 11.4 Å². The highest BCUT2D eigenvalue weighted by Gasteiger charge is 2.06. The number of benzene rings is 2. The third kappa shape index (κ3) is 3.73. The van der Waals surface area contributed by atoms with Gasteiger partial charge in [0, 0.05) is 23.5 Å². The van der Waals surface area contributed by atoms with Crippen LogP contribution < -0.4 is 15.5 Å². The summed E-state index contributed by atoms with van der Waals surface area (Å²) >= 11 is 0. The average molecular weight is 285 g/mol. The molecule has 21 heavy (non-hydrogen) atoms. The van der Waals surface area contributed by atoms with Gasteiger partial charge in [0.05, 0.1) is 12.8 Å². The van der Waals surface area contributed by atoms with Crippen molar-refractivity contribution < 1.29 is 9.94 Å². The maximum atomic E-state index is 8.94. The van der Waals surface area contributed by atoms with E-state index in [0.717, 1.165) is 22.6 Å². The maximum absolute atomic E-state index is 8.94. The first-order valence-corrected chi connectivity index (χ1v) is 6.60. The van der Waals surface area contributed by atoms with Gasteiger partial charge < -0.3 is 15.5 Å². The molecule has 0 heterocycles. The second kappa shape index (κ2) is 6.76. The Labute approximate surface area is 124 Å². The number of hydrogen-bond donors (Lipinski definition) is 4. The molecule has 110 valence electrons. The summed E-state index contributed by atoms with van der Waals surface area (Å²) in [5, 5.41) is 20.1. The van der Waals surface area contributed by atoms with E-state index in [1.165, 1.54) is 0 Å². The molecule has 0 atom stereocenters. The van der Waals surface area contributed by atoms with E-state index in [4.69, 9.17) is 15.4 Å². The lowest BCUT2D eigenvalue weighted by Crippen LogP contribution is -2.06. The van der Waals surface area contributed by atoms with Gasteiger partial charge in [0.1, 0.15) is 5.75 Å². The quantitative estimate of drug-likeness (QED) is 0.484. The molecule has 0 aliphatic carbocycles. The molecule has 0 amide bonds. The predicted octanol–water partition coefficient (Wildman–Crippen LogP) is 3.50. The van der Waals surface area contributed by atoms with Gasteiger partial charge >= 0.3 is 0 Å². The molecule has 2 aromatic carbocycles. The number of anilines is 2. The van der Waals surface area contributed by atoms with Gasteiger partial charge in [0.25, 0.3) is 0 Å². The van der Waals surface area contributed by atoms with E-state index < -0.39 is 0 Å². The normalized spacial score (nSPS) is 10.0. The highest BCUT2D eigenvalue weighted by Crippen LogP contribution is 2.22. The van der Waals surface area contributed by atoms with Gasteiger partial charge in [-0.1, -0.05) is 12.1 Å². The number of hydrogen-bond acceptors (Lipinski definition) is 5. The highest BCUT2D eigenvalue weighted by atomic mass is 16.5. The Morgan fingerprint density at radius 1 is 1.19 bits per heavy atom. The first kappa shape index (κ1) is 14.9. The summed E-state index contributed by atoms with van der Waals surface area (Å²) in [6, 6.07) is 13.1. The van der Waals surface area contributed by atoms with E-state index in [2.05, 4.69) is 10.8 Å². The van der Waals surface area contributed by atoms with Gasteiger partial charge in [0.15, 0.2) is 0 Å². The first-order chi connectivity index (χ1) is 10.1. The van der Waals surface area contributed by atoms with Gasteiger partial charge in [0.2, 0.25) is 0 Å². The van der Waals surface area contributed by atoms with E-state index in [1.54, 1.807) is 26.2 Å². The lowest BCUT2D eigenvalue weighted by Gasteiger charge is -2.13. The van der Waals surface area contributed by atoms with E-state index >= 15 is 0 Å². The monoisotopic (exact) mass is 285 g/mol. The van der Waals surface area contributed by atoms with Crippen LogP contribution in [0.2, 0.25) is 0 Å². The third-order valence-electron chi connectivity index (χ3n) is 3.19. The minimum Gasteiger partial charge on any atom is -0.497 e. The minimum absolute atomic E-state index is 0.435. The zero-order valence-electron chi connectivity index (χ0n) is 12.1. The summed E-state index contributed by atoms with van der Waals surface area (Å²) in [5.41, 5.74) is 5.82. The molecule has 0 bridgehead atoms.